The fourth-order valence-electron chi connectivity index (χ4n) is 0.950. The van der Waals surface area contributed by atoms with Crippen molar-refractivity contribution in [2.24, 2.45) is 5.92 Å². The molecule has 0 aromatic rings. The molecule has 0 amide bonds. The molecule has 0 radical (unpaired) electrons. The van der Waals surface area contributed by atoms with Crippen LogP contribution in [0.2, 0.25) is 0 Å². The van der Waals surface area contributed by atoms with Gasteiger partial charge in [-0.15, -0.1) is 0 Å². The Hall–Kier alpha value is -0.0800. The van der Waals surface area contributed by atoms with Gasteiger partial charge in [0.15, 0.2) is 0 Å². The third-order valence-corrected chi connectivity index (χ3v) is 1.43. The zero-order chi connectivity index (χ0) is 5.82. The molecule has 1 aliphatic heterocycles. The lowest BCUT2D eigenvalue weighted by Crippen LogP contribution is -2.06. The zero-order valence-electron chi connectivity index (χ0n) is 5.22. The van der Waals surface area contributed by atoms with Crippen LogP contribution in [0.15, 0.2) is 0 Å². The third-order valence-electron chi connectivity index (χ3n) is 1.43. The Balaban J connectivity index is 0.000000640. The summed E-state index contributed by atoms with van der Waals surface area (Å²) in [5.41, 5.74) is 0. The second-order valence-corrected chi connectivity index (χ2v) is 2.18. The van der Waals surface area contributed by atoms with Crippen molar-refractivity contribution in [3.8, 4) is 0 Å². The van der Waals surface area contributed by atoms with E-state index in [0.717, 1.165) is 19.8 Å². The number of methoxy groups -OCH3 is 1. The van der Waals surface area contributed by atoms with E-state index >= 15 is 0 Å². The minimum Gasteiger partial charge on any atom is -0.384 e. The Kier molecular flexibility index (Phi) is 4.72. The van der Waals surface area contributed by atoms with Gasteiger partial charge < -0.3 is 9.47 Å². The predicted octanol–water partition coefficient (Wildman–Crippen LogP) is 1.31. The molecule has 0 aromatic carbocycles. The maximum Gasteiger partial charge on any atom is 0.0517 e. The Morgan fingerprint density at radius 2 is 2.44 bits per heavy atom. The number of rotatable bonds is 2. The molecule has 9 heavy (non-hydrogen) atoms. The first kappa shape index (κ1) is 8.92. The van der Waals surface area contributed by atoms with Gasteiger partial charge >= 0.3 is 0 Å². The molecular weight excluding hydrogens is 116 g/mol. The Morgan fingerprint density at radius 1 is 1.67 bits per heavy atom. The number of ether oxygens (including phenoxy) is 2. The molecule has 0 N–H and O–H groups in total. The summed E-state index contributed by atoms with van der Waals surface area (Å²) in [5, 5.41) is 0. The van der Waals surface area contributed by atoms with Gasteiger partial charge in [-0.05, 0) is 6.42 Å². The van der Waals surface area contributed by atoms with Gasteiger partial charge in [-0.2, -0.15) is 0 Å². The van der Waals surface area contributed by atoms with E-state index in [2.05, 4.69) is 0 Å². The summed E-state index contributed by atoms with van der Waals surface area (Å²) in [4.78, 5) is 0. The van der Waals surface area contributed by atoms with Crippen molar-refractivity contribution >= 4 is 0 Å². The maximum atomic E-state index is 5.13. The quantitative estimate of drug-likeness (QED) is 0.564. The molecule has 1 fully saturated rings. The summed E-state index contributed by atoms with van der Waals surface area (Å²) in [5.74, 6) is 0.667. The molecule has 0 aromatic heterocycles. The summed E-state index contributed by atoms with van der Waals surface area (Å²) in [7, 11) is 1.73. The molecule has 1 atom stereocenters. The minimum atomic E-state index is 0. The highest BCUT2D eigenvalue weighted by Gasteiger charge is 2.14. The molecule has 0 bridgehead atoms. The Labute approximate surface area is 57.2 Å². The van der Waals surface area contributed by atoms with Crippen LogP contribution in [0.4, 0.5) is 0 Å². The Morgan fingerprint density at radius 3 is 2.89 bits per heavy atom. The molecule has 2 heteroatoms. The van der Waals surface area contributed by atoms with Crippen molar-refractivity contribution in [2.75, 3.05) is 26.9 Å². The van der Waals surface area contributed by atoms with Gasteiger partial charge in [-0.3, -0.25) is 0 Å². The van der Waals surface area contributed by atoms with E-state index in [1.807, 2.05) is 0 Å². The van der Waals surface area contributed by atoms with Crippen molar-refractivity contribution < 1.29 is 9.47 Å². The van der Waals surface area contributed by atoms with E-state index in [0.29, 0.717) is 5.92 Å². The first-order valence-electron chi connectivity index (χ1n) is 3.00. The van der Waals surface area contributed by atoms with Crippen LogP contribution in [0.5, 0.6) is 0 Å². The van der Waals surface area contributed by atoms with Crippen LogP contribution in [0.3, 0.4) is 0 Å². The van der Waals surface area contributed by atoms with Crippen molar-refractivity contribution in [1.29, 1.82) is 0 Å². The van der Waals surface area contributed by atoms with Crippen molar-refractivity contribution in [2.45, 2.75) is 13.8 Å². The molecule has 0 spiro atoms. The second kappa shape index (κ2) is 4.77. The number of hydrogen-bond acceptors (Lipinski definition) is 2. The molecule has 0 saturated carbocycles. The monoisotopic (exact) mass is 132 g/mol. The van der Waals surface area contributed by atoms with Gasteiger partial charge in [-0.25, -0.2) is 0 Å². The smallest absolute Gasteiger partial charge is 0.0517 e. The van der Waals surface area contributed by atoms with Gasteiger partial charge in [0, 0.05) is 19.6 Å². The fourth-order valence-corrected chi connectivity index (χ4v) is 0.950. The average Bonchev–Trinajstić information content (AvgIpc) is 2.19. The van der Waals surface area contributed by atoms with E-state index in [9.17, 15) is 0 Å². The summed E-state index contributed by atoms with van der Waals surface area (Å²) < 4.78 is 10.1. The molecule has 1 heterocycles. The molecule has 56 valence electrons. The second-order valence-electron chi connectivity index (χ2n) is 2.18. The lowest BCUT2D eigenvalue weighted by molar-refractivity contribution is 0.129. The van der Waals surface area contributed by atoms with E-state index in [-0.39, 0.29) is 7.43 Å². The van der Waals surface area contributed by atoms with E-state index < -0.39 is 0 Å². The highest BCUT2D eigenvalue weighted by molar-refractivity contribution is 4.61. The van der Waals surface area contributed by atoms with Crippen molar-refractivity contribution in [3.05, 3.63) is 0 Å². The van der Waals surface area contributed by atoms with E-state index in [4.69, 9.17) is 9.47 Å². The van der Waals surface area contributed by atoms with Gasteiger partial charge in [0.2, 0.25) is 0 Å². The van der Waals surface area contributed by atoms with Gasteiger partial charge in [0.25, 0.3) is 0 Å². The SMILES string of the molecule is C.COCC1CCOC1. The Bertz CT molecular complexity index is 57.9. The number of hydrogen-bond donors (Lipinski definition) is 0. The van der Waals surface area contributed by atoms with Crippen LogP contribution in [-0.4, -0.2) is 26.9 Å². The first-order chi connectivity index (χ1) is 3.93. The zero-order valence-corrected chi connectivity index (χ0v) is 5.22. The molecule has 0 aliphatic carbocycles. The summed E-state index contributed by atoms with van der Waals surface area (Å²) >= 11 is 0. The molecule has 1 rings (SSSR count). The van der Waals surface area contributed by atoms with Crippen LogP contribution in [0, 0.1) is 5.92 Å². The molecule has 1 unspecified atom stereocenters. The van der Waals surface area contributed by atoms with E-state index in [1.165, 1.54) is 6.42 Å². The lowest BCUT2D eigenvalue weighted by atomic mass is 10.1. The molecule has 1 saturated heterocycles. The summed E-state index contributed by atoms with van der Waals surface area (Å²) in [6.45, 7) is 2.68. The fraction of sp³-hybridized carbons (Fsp3) is 1.00. The summed E-state index contributed by atoms with van der Waals surface area (Å²) in [6, 6.07) is 0. The lowest BCUT2D eigenvalue weighted by Gasteiger charge is -2.02. The van der Waals surface area contributed by atoms with Crippen molar-refractivity contribution in [1.82, 2.24) is 0 Å². The average molecular weight is 132 g/mol. The van der Waals surface area contributed by atoms with Gasteiger partial charge in [-0.1, -0.05) is 7.43 Å². The normalized spacial score (nSPS) is 25.7. The highest BCUT2D eigenvalue weighted by Crippen LogP contribution is 2.11. The van der Waals surface area contributed by atoms with Crippen LogP contribution in [0.25, 0.3) is 0 Å². The van der Waals surface area contributed by atoms with Gasteiger partial charge in [0.1, 0.15) is 0 Å². The molecule has 2 nitrogen and oxygen atoms in total. The first-order valence-corrected chi connectivity index (χ1v) is 3.00. The third kappa shape index (κ3) is 2.82. The largest absolute Gasteiger partial charge is 0.384 e. The minimum absolute atomic E-state index is 0. The van der Waals surface area contributed by atoms with E-state index in [1.54, 1.807) is 7.11 Å². The highest BCUT2D eigenvalue weighted by atomic mass is 16.5. The topological polar surface area (TPSA) is 18.5 Å². The van der Waals surface area contributed by atoms with Crippen molar-refractivity contribution in [3.63, 3.8) is 0 Å². The van der Waals surface area contributed by atoms with Crippen LogP contribution in [0.1, 0.15) is 13.8 Å². The summed E-state index contributed by atoms with van der Waals surface area (Å²) in [6.07, 6.45) is 1.17. The molecule has 1 aliphatic rings. The van der Waals surface area contributed by atoms with Gasteiger partial charge in [0.05, 0.1) is 13.2 Å². The van der Waals surface area contributed by atoms with Crippen LogP contribution >= 0.6 is 0 Å². The van der Waals surface area contributed by atoms with Crippen LogP contribution in [-0.2, 0) is 9.47 Å². The van der Waals surface area contributed by atoms with Crippen LogP contribution < -0.4 is 0 Å². The maximum absolute atomic E-state index is 5.13. The predicted molar refractivity (Wildman–Crippen MR) is 37.5 cm³/mol. The molecular formula is C7H16O2. The standard InChI is InChI=1S/C6H12O2.CH4/c1-7-4-6-2-3-8-5-6;/h6H,2-5H2,1H3;1H4.